The van der Waals surface area contributed by atoms with Crippen molar-refractivity contribution in [3.8, 4) is 51.0 Å². The molecule has 0 atom stereocenters. The monoisotopic (exact) mass is 830 g/mol. The molecule has 10 rings (SSSR count). The molecule has 0 N–H and O–H groups in total. The lowest BCUT2D eigenvalue weighted by Crippen LogP contribution is -2.00. The Morgan fingerprint density at radius 1 is 0.460 bits per heavy atom. The second-order valence-corrected chi connectivity index (χ2v) is 14.3. The van der Waals surface area contributed by atoms with Gasteiger partial charge in [0.15, 0.2) is 0 Å². The van der Waals surface area contributed by atoms with Gasteiger partial charge in [-0.25, -0.2) is 0 Å². The summed E-state index contributed by atoms with van der Waals surface area (Å²) >= 11 is 0. The van der Waals surface area contributed by atoms with Gasteiger partial charge in [0.1, 0.15) is 11.2 Å². The fourth-order valence-electron chi connectivity index (χ4n) is 7.10. The Bertz CT molecular complexity index is 3980. The molecule has 0 saturated heterocycles. The molecule has 63 heavy (non-hydrogen) atoms. The number of pyridine rings is 3. The molecule has 4 heterocycles. The van der Waals surface area contributed by atoms with Gasteiger partial charge in [-0.3, -0.25) is 15.0 Å². The van der Waals surface area contributed by atoms with Crippen LogP contribution in [0.2, 0.25) is 0 Å². The number of fused-ring (bicyclic) bond motifs is 3. The van der Waals surface area contributed by atoms with E-state index in [0.29, 0.717) is 27.9 Å². The summed E-state index contributed by atoms with van der Waals surface area (Å²) in [5.74, 6) is 0. The van der Waals surface area contributed by atoms with E-state index >= 15 is 0 Å². The highest BCUT2D eigenvalue weighted by molar-refractivity contribution is 6.13. The maximum Gasteiger partial charge on any atom is 0.144 e. The molecule has 0 bridgehead atoms. The smallest absolute Gasteiger partial charge is 0.144 e. The summed E-state index contributed by atoms with van der Waals surface area (Å²) in [4.78, 5) is 13.3. The van der Waals surface area contributed by atoms with Crippen molar-refractivity contribution in [3.05, 3.63) is 233 Å². The predicted molar refractivity (Wildman–Crippen MR) is 255 cm³/mol. The highest BCUT2D eigenvalue weighted by Gasteiger charge is 2.19. The van der Waals surface area contributed by atoms with Crippen LogP contribution in [0.25, 0.3) is 66.8 Å². The van der Waals surface area contributed by atoms with Gasteiger partial charge in [-0.2, -0.15) is 5.26 Å². The number of hydrogen-bond donors (Lipinski definition) is 0. The summed E-state index contributed by atoms with van der Waals surface area (Å²) in [6.07, 6.45) is -15.2. The Morgan fingerprint density at radius 2 is 0.952 bits per heavy atom. The molecule has 5 heteroatoms. The molecule has 6 aromatic carbocycles. The Morgan fingerprint density at radius 3 is 1.44 bits per heavy atom. The van der Waals surface area contributed by atoms with Crippen LogP contribution in [-0.2, 0) is 38.2 Å². The first-order valence-corrected chi connectivity index (χ1v) is 19.8. The Kier molecular flexibility index (Phi) is 6.81. The van der Waals surface area contributed by atoms with Gasteiger partial charge in [-0.05, 0) is 114 Å². The summed E-state index contributed by atoms with van der Waals surface area (Å²) in [6, 6.07) is 33.7. The third-order valence-corrected chi connectivity index (χ3v) is 10.1. The molecule has 0 aliphatic rings. The van der Waals surface area contributed by atoms with Crippen LogP contribution in [-0.4, -0.2) is 15.0 Å². The predicted octanol–water partition coefficient (Wildman–Crippen LogP) is 13.7. The fraction of sp³-hybridized carbons (Fsp3) is 0.103. The van der Waals surface area contributed by atoms with Crippen LogP contribution in [0.15, 0.2) is 199 Å². The minimum Gasteiger partial charge on any atom is -0.455 e. The quantitative estimate of drug-likeness (QED) is 0.116. The minimum atomic E-state index is -3.23. The van der Waals surface area contributed by atoms with Crippen molar-refractivity contribution in [3.63, 3.8) is 0 Å². The topological polar surface area (TPSA) is 75.6 Å². The minimum absolute atomic E-state index is 0.0588. The number of nitrogens with zero attached hydrogens (tertiary/aromatic N) is 4. The van der Waals surface area contributed by atoms with Gasteiger partial charge in [-0.1, -0.05) is 139 Å². The second-order valence-electron chi connectivity index (χ2n) is 14.3. The molecule has 0 aliphatic carbocycles. The van der Waals surface area contributed by atoms with Crippen molar-refractivity contribution < 1.29 is 29.1 Å². The highest BCUT2D eigenvalue weighted by Crippen LogP contribution is 2.41. The van der Waals surface area contributed by atoms with Gasteiger partial charge >= 0.3 is 0 Å². The van der Waals surface area contributed by atoms with Crippen LogP contribution in [0.1, 0.15) is 63.6 Å². The largest absolute Gasteiger partial charge is 0.455 e. The number of aromatic nitrogens is 3. The lowest BCUT2D eigenvalue weighted by molar-refractivity contribution is 0.670. The number of rotatable bonds is 13. The van der Waals surface area contributed by atoms with Crippen LogP contribution < -0.4 is 0 Å². The second kappa shape index (κ2) is 18.0. The Labute approximate surface area is 393 Å². The van der Waals surface area contributed by atoms with E-state index in [1.165, 1.54) is 42.5 Å². The van der Waals surface area contributed by atoms with Crippen LogP contribution in [0, 0.1) is 11.3 Å². The molecule has 302 valence electrons. The lowest BCUT2D eigenvalue weighted by atomic mass is 9.94. The number of furan rings is 1. The first-order chi connectivity index (χ1) is 38.2. The van der Waals surface area contributed by atoms with E-state index in [9.17, 15) is 21.7 Å². The number of benzene rings is 6. The van der Waals surface area contributed by atoms with Crippen molar-refractivity contribution in [2.45, 2.75) is 38.2 Å². The van der Waals surface area contributed by atoms with Gasteiger partial charge in [0.05, 0.1) is 36.9 Å². The Balaban J connectivity index is 1.07. The molecule has 0 amide bonds. The molecule has 10 aromatic rings. The van der Waals surface area contributed by atoms with Crippen molar-refractivity contribution in [1.29, 1.82) is 5.26 Å². The normalized spacial score (nSPS) is 16.7. The molecule has 0 fully saturated rings. The standard InChI is InChI=1S/C58H44N4O/c59-36-49-28-29-51-50-17-10-18-52(57(50)63-58(51)56(49)48-15-8-3-9-16-48)55-32-27-42(39-62-55)21-24-45-34-43(22-19-40-25-30-53(60-37-40)46-11-4-1-5-12-46)33-44(35-45)23-20-41-26-31-54(61-38-41)47-13-6-2-7-14-47/h1-18,25-35,37-39H,19-24H2/i3D,8D,9D,15D,16D,19D2,20D2,21D2,22D2,23D2,24D2,28D. The van der Waals surface area contributed by atoms with Crippen molar-refractivity contribution >= 4 is 21.9 Å². The lowest BCUT2D eigenvalue weighted by Gasteiger charge is -2.12. The molecule has 0 spiro atoms. The summed E-state index contributed by atoms with van der Waals surface area (Å²) < 4.78 is 170. The van der Waals surface area contributed by atoms with Gasteiger partial charge in [0.2, 0.25) is 0 Å². The maximum absolute atomic E-state index is 10.2. The SMILES string of the molecule is [2H]c1cc2c(oc3c(-c4ccc(C([2H])([2H])C([2H])([2H])c5cc(C([2H])([2H])C([2H])([2H])c6ccc(-c7ccccc7)nc6)cc(C([2H])([2H])C([2H])([2H])c6ccc(-c7ccccc7)nc6)c5)cn4)cccc32)c(-c2c([2H])c([2H])c([2H])c([2H])c2[2H])c1C#N. The molecule has 0 unspecified atom stereocenters. The Hall–Kier alpha value is -7.94. The number of hydrogen-bond acceptors (Lipinski definition) is 5. The first kappa shape index (κ1) is 23.9. The molecule has 4 aromatic heterocycles. The van der Waals surface area contributed by atoms with Crippen LogP contribution >= 0.6 is 0 Å². The van der Waals surface area contributed by atoms with Crippen LogP contribution in [0.4, 0.5) is 0 Å². The van der Waals surface area contributed by atoms with Gasteiger partial charge in [0, 0.05) is 68.1 Å². The molecule has 0 radical (unpaired) electrons. The van der Waals surface area contributed by atoms with E-state index in [-0.39, 0.29) is 67.2 Å². The zero-order valence-electron chi connectivity index (χ0n) is 51.2. The van der Waals surface area contributed by atoms with Crippen molar-refractivity contribution in [2.24, 2.45) is 0 Å². The number of aryl methyl sites for hydroxylation is 6. The third kappa shape index (κ3) is 8.66. The molecule has 5 nitrogen and oxygen atoms in total. The molecule has 0 saturated carbocycles. The van der Waals surface area contributed by atoms with E-state index in [4.69, 9.17) is 12.6 Å². The van der Waals surface area contributed by atoms with Gasteiger partial charge in [-0.15, -0.1) is 0 Å². The molecular weight excluding hydrogens is 769 g/mol. The third-order valence-electron chi connectivity index (χ3n) is 10.1. The van der Waals surface area contributed by atoms with Crippen molar-refractivity contribution in [2.75, 3.05) is 0 Å². The van der Waals surface area contributed by atoms with Gasteiger partial charge in [0.25, 0.3) is 0 Å². The van der Waals surface area contributed by atoms with E-state index in [1.807, 2.05) is 18.2 Å². The molecule has 0 aliphatic heterocycles. The van der Waals surface area contributed by atoms with E-state index < -0.39 is 85.1 Å². The van der Waals surface area contributed by atoms with E-state index in [0.717, 1.165) is 36.8 Å². The summed E-state index contributed by atoms with van der Waals surface area (Å²) in [5, 5.41) is 10.9. The van der Waals surface area contributed by atoms with Gasteiger partial charge < -0.3 is 4.42 Å². The fourth-order valence-corrected chi connectivity index (χ4v) is 7.10. The zero-order valence-corrected chi connectivity index (χ0v) is 33.2. The summed E-state index contributed by atoms with van der Waals surface area (Å²) in [7, 11) is 0. The average molecular weight is 831 g/mol. The van der Waals surface area contributed by atoms with Crippen LogP contribution in [0.3, 0.4) is 0 Å². The van der Waals surface area contributed by atoms with Crippen molar-refractivity contribution in [1.82, 2.24) is 15.0 Å². The first-order valence-electron chi connectivity index (χ1n) is 28.8. The maximum atomic E-state index is 10.2. The number of para-hydroxylation sites is 1. The highest BCUT2D eigenvalue weighted by atomic mass is 16.3. The number of nitriles is 1. The summed E-state index contributed by atoms with van der Waals surface area (Å²) in [6.45, 7) is 0. The zero-order chi connectivity index (χ0) is 58.4. The van der Waals surface area contributed by atoms with E-state index in [1.54, 1.807) is 66.7 Å². The van der Waals surface area contributed by atoms with E-state index in [2.05, 4.69) is 15.0 Å². The summed E-state index contributed by atoms with van der Waals surface area (Å²) in [5.41, 5.74) is -0.719. The molecular formula is C58H44N4O. The van der Waals surface area contributed by atoms with Crippen LogP contribution in [0.5, 0.6) is 0 Å². The average Bonchev–Trinajstić information content (AvgIpc) is 4.12.